The highest BCUT2D eigenvalue weighted by Crippen LogP contribution is 2.41. The third-order valence-corrected chi connectivity index (χ3v) is 7.97. The second kappa shape index (κ2) is 9.46. The Hall–Kier alpha value is -1.64. The highest BCUT2D eigenvalue weighted by Gasteiger charge is 2.34. The lowest BCUT2D eigenvalue weighted by atomic mass is 9.98. The zero-order chi connectivity index (χ0) is 22.0. The molecule has 170 valence electrons. The summed E-state index contributed by atoms with van der Waals surface area (Å²) in [4.78, 5) is 26.9. The number of likely N-dealkylation sites (N-methyl/N-ethyl adjacent to an activating group) is 1. The maximum Gasteiger partial charge on any atom is 0.409 e. The number of rotatable bonds is 5. The van der Waals surface area contributed by atoms with E-state index in [1.165, 1.54) is 0 Å². The van der Waals surface area contributed by atoms with Crippen LogP contribution in [0.15, 0.2) is 17.3 Å². The van der Waals surface area contributed by atoms with E-state index in [9.17, 15) is 4.79 Å². The van der Waals surface area contributed by atoms with Crippen LogP contribution in [0.25, 0.3) is 11.0 Å². The van der Waals surface area contributed by atoms with E-state index in [4.69, 9.17) is 21.3 Å². The number of piperazine rings is 1. The molecule has 1 N–H and O–H groups in total. The Morgan fingerprint density at radius 1 is 1.19 bits per heavy atom. The highest BCUT2D eigenvalue weighted by atomic mass is 35.5. The van der Waals surface area contributed by atoms with Gasteiger partial charge < -0.3 is 24.4 Å². The van der Waals surface area contributed by atoms with Gasteiger partial charge in [0.1, 0.15) is 0 Å². The van der Waals surface area contributed by atoms with Crippen LogP contribution in [0.3, 0.4) is 0 Å². The number of thioether (sulfide) groups is 1. The summed E-state index contributed by atoms with van der Waals surface area (Å²) in [6, 6.07) is 4.12. The summed E-state index contributed by atoms with van der Waals surface area (Å²) in [5, 5.41) is 1.68. The molecule has 2 aliphatic heterocycles. The molecule has 31 heavy (non-hydrogen) atoms. The number of H-pyrrole nitrogens is 1. The number of halogens is 1. The number of aromatic nitrogens is 2. The number of hydrogen-bond donors (Lipinski definition) is 1. The van der Waals surface area contributed by atoms with Crippen LogP contribution in [-0.4, -0.2) is 83.0 Å². The van der Waals surface area contributed by atoms with Crippen molar-refractivity contribution in [2.24, 2.45) is 0 Å². The van der Waals surface area contributed by atoms with E-state index in [0.29, 0.717) is 19.7 Å². The number of nitrogens with zero attached hydrogens (tertiary/aromatic N) is 4. The van der Waals surface area contributed by atoms with Crippen molar-refractivity contribution in [1.82, 2.24) is 19.8 Å². The number of likely N-dealkylation sites (tertiary alicyclic amines) is 1. The van der Waals surface area contributed by atoms with Crippen LogP contribution in [0, 0.1) is 0 Å². The van der Waals surface area contributed by atoms with Crippen LogP contribution in [0.2, 0.25) is 5.02 Å². The molecule has 0 unspecified atom stereocenters. The molecule has 0 atom stereocenters. The molecule has 0 saturated carbocycles. The smallest absolute Gasteiger partial charge is 0.409 e. The van der Waals surface area contributed by atoms with Crippen molar-refractivity contribution in [3.8, 4) is 0 Å². The molecule has 7 nitrogen and oxygen atoms in total. The monoisotopic (exact) mass is 465 g/mol. The number of ether oxygens (including phenoxy) is 1. The quantitative estimate of drug-likeness (QED) is 0.703. The molecule has 0 aliphatic carbocycles. The van der Waals surface area contributed by atoms with Crippen molar-refractivity contribution in [1.29, 1.82) is 0 Å². The molecule has 1 aromatic heterocycles. The van der Waals surface area contributed by atoms with Gasteiger partial charge in [0.25, 0.3) is 0 Å². The molecule has 0 spiro atoms. The number of imidazole rings is 1. The molecule has 4 rings (SSSR count). The van der Waals surface area contributed by atoms with E-state index >= 15 is 0 Å². The molecule has 2 aliphatic rings. The molecule has 0 bridgehead atoms. The van der Waals surface area contributed by atoms with Gasteiger partial charge in [0.05, 0.1) is 28.4 Å². The predicted octanol–water partition coefficient (Wildman–Crippen LogP) is 4.46. The van der Waals surface area contributed by atoms with Gasteiger partial charge in [-0.15, -0.1) is 0 Å². The van der Waals surface area contributed by atoms with Crippen molar-refractivity contribution in [3.63, 3.8) is 0 Å². The van der Waals surface area contributed by atoms with Crippen LogP contribution >= 0.6 is 23.4 Å². The van der Waals surface area contributed by atoms with Crippen molar-refractivity contribution < 1.29 is 9.53 Å². The summed E-state index contributed by atoms with van der Waals surface area (Å²) >= 11 is 8.41. The fourth-order valence-electron chi connectivity index (χ4n) is 4.30. The van der Waals surface area contributed by atoms with Gasteiger partial charge >= 0.3 is 6.09 Å². The third-order valence-electron chi connectivity index (χ3n) is 6.38. The maximum atomic E-state index is 12.0. The van der Waals surface area contributed by atoms with Crippen molar-refractivity contribution in [2.75, 3.05) is 57.3 Å². The van der Waals surface area contributed by atoms with E-state index in [1.54, 1.807) is 16.7 Å². The molecule has 2 saturated heterocycles. The fourth-order valence-corrected chi connectivity index (χ4v) is 5.75. The minimum atomic E-state index is -0.208. The average Bonchev–Trinajstić information content (AvgIpc) is 3.14. The third kappa shape index (κ3) is 5.07. The molecule has 1 aromatic carbocycles. The number of benzene rings is 1. The number of aromatic amines is 1. The first-order valence-corrected chi connectivity index (χ1v) is 12.4. The maximum absolute atomic E-state index is 12.0. The lowest BCUT2D eigenvalue weighted by molar-refractivity contribution is 0.0961. The number of hydrogen-bond acceptors (Lipinski definition) is 6. The molecule has 2 fully saturated rings. The summed E-state index contributed by atoms with van der Waals surface area (Å²) in [7, 11) is 0. The Bertz CT molecular complexity index is 920. The largest absolute Gasteiger partial charge is 0.450 e. The number of nitrogens with one attached hydrogen (secondary N) is 1. The average molecular weight is 466 g/mol. The number of carbonyl (C=O) groups is 1. The minimum Gasteiger partial charge on any atom is -0.450 e. The Kier molecular flexibility index (Phi) is 6.89. The van der Waals surface area contributed by atoms with Crippen LogP contribution in [-0.2, 0) is 4.74 Å². The Balaban J connectivity index is 1.44. The van der Waals surface area contributed by atoms with Crippen LogP contribution in [0.4, 0.5) is 10.5 Å². The lowest BCUT2D eigenvalue weighted by Gasteiger charge is -2.37. The van der Waals surface area contributed by atoms with Crippen molar-refractivity contribution in [3.05, 3.63) is 17.2 Å². The van der Waals surface area contributed by atoms with E-state index in [1.807, 2.05) is 13.0 Å². The first-order chi connectivity index (χ1) is 14.9. The highest BCUT2D eigenvalue weighted by molar-refractivity contribution is 8.00. The molecule has 9 heteroatoms. The van der Waals surface area contributed by atoms with Crippen molar-refractivity contribution >= 4 is 46.2 Å². The Labute approximate surface area is 193 Å². The zero-order valence-electron chi connectivity index (χ0n) is 18.6. The first kappa shape index (κ1) is 22.6. The fraction of sp³-hybridized carbons (Fsp3) is 0.636. The summed E-state index contributed by atoms with van der Waals surface area (Å²) in [6.45, 7) is 13.3. The van der Waals surface area contributed by atoms with Gasteiger partial charge in [0.2, 0.25) is 0 Å². The summed E-state index contributed by atoms with van der Waals surface area (Å²) in [5.74, 6) is 0. The predicted molar refractivity (Wildman–Crippen MR) is 128 cm³/mol. The SMILES string of the molecule is CCOC(=O)N1CCC(C)(Sc2nc3cc(N4CCN(CC)CC4)c(Cl)cc3[nH]2)CC1. The molecule has 1 amide bonds. The Morgan fingerprint density at radius 3 is 2.55 bits per heavy atom. The number of anilines is 1. The number of carbonyl (C=O) groups excluding carboxylic acids is 1. The van der Waals surface area contributed by atoms with Gasteiger partial charge in [-0.05, 0) is 45.4 Å². The summed E-state index contributed by atoms with van der Waals surface area (Å²) < 4.78 is 5.16. The van der Waals surface area contributed by atoms with E-state index < -0.39 is 0 Å². The lowest BCUT2D eigenvalue weighted by Crippen LogP contribution is -2.46. The van der Waals surface area contributed by atoms with E-state index in [0.717, 1.165) is 72.5 Å². The first-order valence-electron chi connectivity index (χ1n) is 11.2. The Morgan fingerprint density at radius 2 is 1.90 bits per heavy atom. The standard InChI is InChI=1S/C22H32ClN5O2S/c1-4-26-10-12-27(13-11-26)19-15-18-17(14-16(19)23)24-20(25-18)31-22(3)6-8-28(9-7-22)21(29)30-5-2/h14-15H,4-13H2,1-3H3,(H,24,25). The molecule has 2 aromatic rings. The van der Waals surface area contributed by atoms with Crippen LogP contribution < -0.4 is 4.90 Å². The van der Waals surface area contributed by atoms with Crippen LogP contribution in [0.1, 0.15) is 33.6 Å². The molecule has 0 radical (unpaired) electrons. The summed E-state index contributed by atoms with van der Waals surface area (Å²) in [6.07, 6.45) is 1.60. The van der Waals surface area contributed by atoms with Gasteiger partial charge in [-0.25, -0.2) is 9.78 Å². The second-order valence-electron chi connectivity index (χ2n) is 8.52. The van der Waals surface area contributed by atoms with Gasteiger partial charge in [0.15, 0.2) is 5.16 Å². The van der Waals surface area contributed by atoms with E-state index in [-0.39, 0.29) is 10.8 Å². The van der Waals surface area contributed by atoms with Gasteiger partial charge in [-0.2, -0.15) is 0 Å². The van der Waals surface area contributed by atoms with Gasteiger partial charge in [0, 0.05) is 44.0 Å². The van der Waals surface area contributed by atoms with Gasteiger partial charge in [-0.3, -0.25) is 0 Å². The molecular weight excluding hydrogens is 434 g/mol. The zero-order valence-corrected chi connectivity index (χ0v) is 20.2. The molecular formula is C22H32ClN5O2S. The molecule has 3 heterocycles. The number of fused-ring (bicyclic) bond motifs is 1. The normalized spacial score (nSPS) is 19.7. The second-order valence-corrected chi connectivity index (χ2v) is 10.5. The topological polar surface area (TPSA) is 64.7 Å². The minimum absolute atomic E-state index is 0.0278. The number of piperidine rings is 1. The van der Waals surface area contributed by atoms with E-state index in [2.05, 4.69) is 34.7 Å². The van der Waals surface area contributed by atoms with Gasteiger partial charge in [-0.1, -0.05) is 30.3 Å². The van der Waals surface area contributed by atoms with Crippen LogP contribution in [0.5, 0.6) is 0 Å². The summed E-state index contributed by atoms with van der Waals surface area (Å²) in [5.41, 5.74) is 2.99. The van der Waals surface area contributed by atoms with Crippen molar-refractivity contribution in [2.45, 2.75) is 43.5 Å². The number of amides is 1.